The number of fused-ring (bicyclic) bond motifs is 1. The van der Waals surface area contributed by atoms with Gasteiger partial charge in [0.25, 0.3) is 0 Å². The number of anilines is 1. The first-order valence-electron chi connectivity index (χ1n) is 4.85. The largest absolute Gasteiger partial charge is 1.00 e. The van der Waals surface area contributed by atoms with Crippen molar-refractivity contribution in [1.82, 2.24) is 0 Å². The van der Waals surface area contributed by atoms with Crippen molar-refractivity contribution in [2.24, 2.45) is 0 Å². The standard InChI is InChI=1S/C10H9NO6S2.2Na/c11-6-4-8-7(10(5-6)19(15,16)17)2-1-3-9(8)18(12,13)14;;/h1-5H,11H2,(H,12,13,14)(H,15,16,17);;/q;2*+1/p-2. The quantitative estimate of drug-likeness (QED) is 0.324. The van der Waals surface area contributed by atoms with Crippen LogP contribution in [-0.2, 0) is 20.2 Å². The molecular formula is C10H7NNa2O6S2. The molecule has 0 aliphatic carbocycles. The van der Waals surface area contributed by atoms with E-state index in [2.05, 4.69) is 0 Å². The van der Waals surface area contributed by atoms with Gasteiger partial charge in [-0.3, -0.25) is 0 Å². The van der Waals surface area contributed by atoms with E-state index in [-0.39, 0.29) is 75.6 Å². The molecule has 0 saturated heterocycles. The maximum atomic E-state index is 11.1. The van der Waals surface area contributed by atoms with E-state index >= 15 is 0 Å². The third-order valence-electron chi connectivity index (χ3n) is 2.48. The Balaban J connectivity index is 0.00000200. The van der Waals surface area contributed by atoms with Gasteiger partial charge in [-0.15, -0.1) is 0 Å². The molecule has 11 heteroatoms. The summed E-state index contributed by atoms with van der Waals surface area (Å²) in [6, 6.07) is 5.48. The minimum absolute atomic E-state index is 0. The van der Waals surface area contributed by atoms with Crippen LogP contribution < -0.4 is 64.8 Å². The molecule has 7 nitrogen and oxygen atoms in total. The van der Waals surface area contributed by atoms with Gasteiger partial charge in [0.05, 0.1) is 9.79 Å². The zero-order chi connectivity index (χ0) is 14.4. The van der Waals surface area contributed by atoms with Crippen molar-refractivity contribution >= 4 is 36.7 Å². The monoisotopic (exact) mass is 347 g/mol. The molecule has 0 heterocycles. The molecule has 2 aromatic rings. The molecule has 0 unspecified atom stereocenters. The Morgan fingerprint density at radius 3 is 1.81 bits per heavy atom. The summed E-state index contributed by atoms with van der Waals surface area (Å²) < 4.78 is 66.6. The third-order valence-corrected chi connectivity index (χ3v) is 4.25. The average molecular weight is 347 g/mol. The predicted octanol–water partition coefficient (Wildman–Crippen LogP) is -5.76. The summed E-state index contributed by atoms with van der Waals surface area (Å²) in [5, 5.41) is -0.340. The van der Waals surface area contributed by atoms with Crippen LogP contribution in [0.25, 0.3) is 10.8 Å². The Morgan fingerprint density at radius 1 is 0.810 bits per heavy atom. The van der Waals surface area contributed by atoms with Crippen molar-refractivity contribution in [3.8, 4) is 0 Å². The number of benzene rings is 2. The van der Waals surface area contributed by atoms with Gasteiger partial charge in [-0.1, -0.05) is 12.1 Å². The Labute approximate surface area is 166 Å². The topological polar surface area (TPSA) is 140 Å². The van der Waals surface area contributed by atoms with Gasteiger partial charge in [0.15, 0.2) is 0 Å². The molecule has 0 fully saturated rings. The van der Waals surface area contributed by atoms with E-state index in [0.29, 0.717) is 0 Å². The van der Waals surface area contributed by atoms with Gasteiger partial charge in [0, 0.05) is 16.5 Å². The van der Waals surface area contributed by atoms with Crippen LogP contribution in [0.1, 0.15) is 0 Å². The van der Waals surface area contributed by atoms with Crippen LogP contribution in [0.5, 0.6) is 0 Å². The number of nitrogens with two attached hydrogens (primary N) is 1. The predicted molar refractivity (Wildman–Crippen MR) is 64.3 cm³/mol. The van der Waals surface area contributed by atoms with Crippen molar-refractivity contribution in [1.29, 1.82) is 0 Å². The van der Waals surface area contributed by atoms with Gasteiger partial charge in [-0.2, -0.15) is 0 Å². The molecule has 0 spiro atoms. The van der Waals surface area contributed by atoms with Gasteiger partial charge in [-0.05, 0) is 18.2 Å². The van der Waals surface area contributed by atoms with E-state index in [0.717, 1.165) is 18.2 Å². The molecule has 2 rings (SSSR count). The summed E-state index contributed by atoms with van der Waals surface area (Å²) in [6.07, 6.45) is 0. The summed E-state index contributed by atoms with van der Waals surface area (Å²) in [7, 11) is -9.65. The molecule has 0 aliphatic rings. The molecule has 0 aliphatic heterocycles. The fraction of sp³-hybridized carbons (Fsp3) is 0. The third kappa shape index (κ3) is 4.64. The summed E-state index contributed by atoms with van der Waals surface area (Å²) >= 11 is 0. The molecule has 2 aromatic carbocycles. The van der Waals surface area contributed by atoms with Crippen LogP contribution in [0.4, 0.5) is 5.69 Å². The van der Waals surface area contributed by atoms with Crippen LogP contribution >= 0.6 is 0 Å². The summed E-state index contributed by atoms with van der Waals surface area (Å²) in [5.41, 5.74) is 5.31. The molecule has 21 heavy (non-hydrogen) atoms. The minimum Gasteiger partial charge on any atom is -0.744 e. The van der Waals surface area contributed by atoms with Crippen molar-refractivity contribution in [2.75, 3.05) is 5.73 Å². The smallest absolute Gasteiger partial charge is 0.744 e. The normalized spacial score (nSPS) is 11.5. The number of nitrogen functional groups attached to an aromatic ring is 1. The Hall–Kier alpha value is 0.320. The van der Waals surface area contributed by atoms with E-state index in [4.69, 9.17) is 5.73 Å². The van der Waals surface area contributed by atoms with E-state index < -0.39 is 30.0 Å². The molecule has 0 bridgehead atoms. The van der Waals surface area contributed by atoms with Gasteiger partial charge >= 0.3 is 59.1 Å². The maximum Gasteiger partial charge on any atom is 1.00 e. The van der Waals surface area contributed by atoms with Gasteiger partial charge in [-0.25, -0.2) is 16.8 Å². The first kappa shape index (κ1) is 21.3. The average Bonchev–Trinajstić information content (AvgIpc) is 2.24. The molecule has 0 atom stereocenters. The summed E-state index contributed by atoms with van der Waals surface area (Å²) in [5.74, 6) is 0. The molecular weight excluding hydrogens is 340 g/mol. The second-order valence-electron chi connectivity index (χ2n) is 3.78. The zero-order valence-corrected chi connectivity index (χ0v) is 16.9. The fourth-order valence-electron chi connectivity index (χ4n) is 1.77. The second kappa shape index (κ2) is 7.26. The van der Waals surface area contributed by atoms with Gasteiger partial charge in [0.1, 0.15) is 20.2 Å². The SMILES string of the molecule is Nc1cc(S(=O)(=O)[O-])c2cccc(S(=O)(=O)[O-])c2c1.[Na+].[Na+]. The second-order valence-corrected chi connectivity index (χ2v) is 6.47. The molecule has 2 N–H and O–H groups in total. The first-order valence-corrected chi connectivity index (χ1v) is 7.66. The van der Waals surface area contributed by atoms with Crippen LogP contribution in [0, 0.1) is 0 Å². The van der Waals surface area contributed by atoms with E-state index in [1.165, 1.54) is 12.1 Å². The number of hydrogen-bond donors (Lipinski definition) is 1. The fourth-order valence-corrected chi connectivity index (χ4v) is 3.18. The van der Waals surface area contributed by atoms with E-state index in [9.17, 15) is 25.9 Å². The van der Waals surface area contributed by atoms with Gasteiger partial charge in [0.2, 0.25) is 0 Å². The number of rotatable bonds is 2. The molecule has 0 radical (unpaired) electrons. The molecule has 0 saturated carbocycles. The van der Waals surface area contributed by atoms with Crippen molar-refractivity contribution < 1.29 is 85.1 Å². The van der Waals surface area contributed by atoms with Crippen LogP contribution in [0.2, 0.25) is 0 Å². The first-order chi connectivity index (χ1) is 8.60. The molecule has 0 aromatic heterocycles. The van der Waals surface area contributed by atoms with E-state index in [1.807, 2.05) is 0 Å². The Morgan fingerprint density at radius 2 is 1.33 bits per heavy atom. The molecule has 102 valence electrons. The van der Waals surface area contributed by atoms with Crippen LogP contribution in [0.3, 0.4) is 0 Å². The number of hydrogen-bond acceptors (Lipinski definition) is 7. The van der Waals surface area contributed by atoms with E-state index in [1.54, 1.807) is 0 Å². The van der Waals surface area contributed by atoms with Crippen molar-refractivity contribution in [3.05, 3.63) is 30.3 Å². The zero-order valence-electron chi connectivity index (χ0n) is 11.2. The van der Waals surface area contributed by atoms with Crippen molar-refractivity contribution in [3.63, 3.8) is 0 Å². The van der Waals surface area contributed by atoms with Gasteiger partial charge < -0.3 is 14.8 Å². The Bertz CT molecular complexity index is 880. The van der Waals surface area contributed by atoms with Crippen molar-refractivity contribution in [2.45, 2.75) is 9.79 Å². The summed E-state index contributed by atoms with van der Waals surface area (Å²) in [4.78, 5) is -1.28. The maximum absolute atomic E-state index is 11.1. The summed E-state index contributed by atoms with van der Waals surface area (Å²) in [6.45, 7) is 0. The Kier molecular flexibility index (Phi) is 7.37. The van der Waals surface area contributed by atoms with Crippen LogP contribution in [0.15, 0.2) is 40.1 Å². The minimum atomic E-state index is -4.84. The molecule has 0 amide bonds. The van der Waals surface area contributed by atoms with Crippen LogP contribution in [-0.4, -0.2) is 25.9 Å².